The largest absolute Gasteiger partial charge is 0.326 e. The van der Waals surface area contributed by atoms with Crippen molar-refractivity contribution < 1.29 is 9.72 Å². The Morgan fingerprint density at radius 3 is 2.29 bits per heavy atom. The number of rotatable bonds is 5. The summed E-state index contributed by atoms with van der Waals surface area (Å²) in [5.74, 6) is -0.140. The highest BCUT2D eigenvalue weighted by Gasteiger charge is 2.06. The summed E-state index contributed by atoms with van der Waals surface area (Å²) in [6.07, 6.45) is 0.939. The van der Waals surface area contributed by atoms with E-state index in [0.717, 1.165) is 5.56 Å². The fraction of sp³-hybridized carbons (Fsp3) is 0.133. The molecule has 0 saturated heterocycles. The number of hydrogen-bond donors (Lipinski definition) is 1. The Balaban J connectivity index is 1.86. The van der Waals surface area contributed by atoms with Crippen LogP contribution in [0.3, 0.4) is 0 Å². The van der Waals surface area contributed by atoms with Crippen molar-refractivity contribution in [2.24, 2.45) is 0 Å². The lowest BCUT2D eigenvalue weighted by molar-refractivity contribution is -0.384. The molecule has 6 heteroatoms. The van der Waals surface area contributed by atoms with E-state index in [9.17, 15) is 14.9 Å². The molecule has 0 saturated carbocycles. The number of nitro groups is 1. The van der Waals surface area contributed by atoms with Gasteiger partial charge in [-0.2, -0.15) is 0 Å². The molecule has 2 aromatic rings. The Labute approximate surface area is 126 Å². The van der Waals surface area contributed by atoms with Gasteiger partial charge in [0.1, 0.15) is 0 Å². The molecule has 21 heavy (non-hydrogen) atoms. The van der Waals surface area contributed by atoms with E-state index in [4.69, 9.17) is 11.6 Å². The van der Waals surface area contributed by atoms with Crippen molar-refractivity contribution >= 4 is 28.9 Å². The second kappa shape index (κ2) is 6.85. The van der Waals surface area contributed by atoms with Crippen molar-refractivity contribution in [1.29, 1.82) is 0 Å². The predicted molar refractivity (Wildman–Crippen MR) is 81.5 cm³/mol. The molecule has 0 unspecified atom stereocenters. The Morgan fingerprint density at radius 2 is 1.71 bits per heavy atom. The molecule has 0 aliphatic carbocycles. The lowest BCUT2D eigenvalue weighted by Gasteiger charge is -2.05. The van der Waals surface area contributed by atoms with E-state index in [2.05, 4.69) is 5.32 Å². The second-order valence-electron chi connectivity index (χ2n) is 4.48. The molecule has 0 aliphatic heterocycles. The average Bonchev–Trinajstić information content (AvgIpc) is 2.47. The van der Waals surface area contributed by atoms with E-state index in [1.165, 1.54) is 24.3 Å². The van der Waals surface area contributed by atoms with Crippen molar-refractivity contribution in [3.63, 3.8) is 0 Å². The molecule has 0 spiro atoms. The van der Waals surface area contributed by atoms with Crippen molar-refractivity contribution in [3.8, 4) is 0 Å². The molecule has 0 radical (unpaired) electrons. The topological polar surface area (TPSA) is 72.2 Å². The molecule has 2 rings (SSSR count). The van der Waals surface area contributed by atoms with E-state index in [1.807, 2.05) is 12.1 Å². The lowest BCUT2D eigenvalue weighted by atomic mass is 10.1. The Bertz CT molecular complexity index is 639. The van der Waals surface area contributed by atoms with Gasteiger partial charge in [-0.1, -0.05) is 23.7 Å². The number of carbonyl (C=O) groups excluding carboxylic acids is 1. The highest BCUT2D eigenvalue weighted by atomic mass is 35.5. The van der Waals surface area contributed by atoms with Crippen LogP contribution in [0.4, 0.5) is 11.4 Å². The summed E-state index contributed by atoms with van der Waals surface area (Å²) < 4.78 is 0. The standard InChI is InChI=1S/C15H13ClN2O3/c16-12-4-1-11(2-5-12)3-10-15(19)17-13-6-8-14(9-7-13)18(20)21/h1-2,4-9H,3,10H2,(H,17,19). The van der Waals surface area contributed by atoms with Crippen LogP contribution in [-0.2, 0) is 11.2 Å². The van der Waals surface area contributed by atoms with Crippen LogP contribution in [0.1, 0.15) is 12.0 Å². The fourth-order valence-electron chi connectivity index (χ4n) is 1.80. The van der Waals surface area contributed by atoms with Gasteiger partial charge in [0.2, 0.25) is 5.91 Å². The van der Waals surface area contributed by atoms with E-state index in [0.29, 0.717) is 23.6 Å². The normalized spacial score (nSPS) is 10.1. The number of carbonyl (C=O) groups is 1. The molecule has 1 N–H and O–H groups in total. The zero-order chi connectivity index (χ0) is 15.2. The van der Waals surface area contributed by atoms with Crippen molar-refractivity contribution in [2.45, 2.75) is 12.8 Å². The van der Waals surface area contributed by atoms with Crippen molar-refractivity contribution in [2.75, 3.05) is 5.32 Å². The molecule has 1 amide bonds. The fourth-order valence-corrected chi connectivity index (χ4v) is 1.92. The number of anilines is 1. The van der Waals surface area contributed by atoms with Crippen LogP contribution in [0.25, 0.3) is 0 Å². The third-order valence-corrected chi connectivity index (χ3v) is 3.17. The van der Waals surface area contributed by atoms with Crippen LogP contribution in [0, 0.1) is 10.1 Å². The molecule has 0 bridgehead atoms. The van der Waals surface area contributed by atoms with E-state index in [1.54, 1.807) is 12.1 Å². The van der Waals surface area contributed by atoms with Crippen LogP contribution in [-0.4, -0.2) is 10.8 Å². The Hall–Kier alpha value is -2.40. The third kappa shape index (κ3) is 4.57. The molecule has 0 heterocycles. The van der Waals surface area contributed by atoms with Gasteiger partial charge in [-0.25, -0.2) is 0 Å². The summed E-state index contributed by atoms with van der Waals surface area (Å²) in [7, 11) is 0. The minimum absolute atomic E-state index is 0.00540. The Kier molecular flexibility index (Phi) is 4.90. The van der Waals surface area contributed by atoms with Gasteiger partial charge in [-0.3, -0.25) is 14.9 Å². The van der Waals surface area contributed by atoms with Crippen molar-refractivity contribution in [3.05, 3.63) is 69.2 Å². The number of benzene rings is 2. The summed E-state index contributed by atoms with van der Waals surface area (Å²) in [6.45, 7) is 0. The zero-order valence-corrected chi connectivity index (χ0v) is 11.8. The van der Waals surface area contributed by atoms with E-state index < -0.39 is 4.92 Å². The number of nitrogens with one attached hydrogen (secondary N) is 1. The first-order chi connectivity index (χ1) is 10.0. The number of non-ortho nitro benzene ring substituents is 1. The quantitative estimate of drug-likeness (QED) is 0.674. The molecular weight excluding hydrogens is 292 g/mol. The first-order valence-corrected chi connectivity index (χ1v) is 6.71. The maximum Gasteiger partial charge on any atom is 0.269 e. The van der Waals surface area contributed by atoms with Gasteiger partial charge < -0.3 is 5.32 Å². The maximum absolute atomic E-state index is 11.8. The van der Waals surface area contributed by atoms with Crippen LogP contribution < -0.4 is 5.32 Å². The van der Waals surface area contributed by atoms with Crippen LogP contribution in [0.2, 0.25) is 5.02 Å². The first kappa shape index (κ1) is 15.0. The summed E-state index contributed by atoms with van der Waals surface area (Å²) in [4.78, 5) is 21.8. The zero-order valence-electron chi connectivity index (χ0n) is 11.1. The minimum atomic E-state index is -0.480. The van der Waals surface area contributed by atoms with Gasteiger partial charge in [-0.05, 0) is 36.2 Å². The van der Waals surface area contributed by atoms with Crippen LogP contribution in [0.15, 0.2) is 48.5 Å². The number of nitro benzene ring substituents is 1. The van der Waals surface area contributed by atoms with E-state index >= 15 is 0 Å². The van der Waals surface area contributed by atoms with Gasteiger partial charge in [0.05, 0.1) is 4.92 Å². The SMILES string of the molecule is O=C(CCc1ccc(Cl)cc1)Nc1ccc([N+](=O)[O-])cc1. The molecule has 5 nitrogen and oxygen atoms in total. The number of aryl methyl sites for hydroxylation is 1. The highest BCUT2D eigenvalue weighted by molar-refractivity contribution is 6.30. The summed E-state index contributed by atoms with van der Waals surface area (Å²) in [5, 5.41) is 13.9. The van der Waals surface area contributed by atoms with Gasteiger partial charge in [0.25, 0.3) is 5.69 Å². The summed E-state index contributed by atoms with van der Waals surface area (Å²) >= 11 is 5.79. The van der Waals surface area contributed by atoms with Gasteiger partial charge in [-0.15, -0.1) is 0 Å². The monoisotopic (exact) mass is 304 g/mol. The second-order valence-corrected chi connectivity index (χ2v) is 4.92. The number of nitrogens with zero attached hydrogens (tertiary/aromatic N) is 1. The van der Waals surface area contributed by atoms with Gasteiger partial charge in [0, 0.05) is 29.3 Å². The van der Waals surface area contributed by atoms with Gasteiger partial charge in [0.15, 0.2) is 0 Å². The highest BCUT2D eigenvalue weighted by Crippen LogP contribution is 2.16. The minimum Gasteiger partial charge on any atom is -0.326 e. The smallest absolute Gasteiger partial charge is 0.269 e. The number of halogens is 1. The third-order valence-electron chi connectivity index (χ3n) is 2.92. The van der Waals surface area contributed by atoms with Crippen molar-refractivity contribution in [1.82, 2.24) is 0 Å². The molecule has 108 valence electrons. The van der Waals surface area contributed by atoms with Gasteiger partial charge >= 0.3 is 0 Å². The van der Waals surface area contributed by atoms with Crippen LogP contribution in [0.5, 0.6) is 0 Å². The summed E-state index contributed by atoms with van der Waals surface area (Å²) in [5.41, 5.74) is 1.56. The molecular formula is C15H13ClN2O3. The molecule has 0 aliphatic rings. The number of amides is 1. The predicted octanol–water partition coefficient (Wildman–Crippen LogP) is 3.82. The first-order valence-electron chi connectivity index (χ1n) is 6.33. The Morgan fingerprint density at radius 1 is 1.10 bits per heavy atom. The lowest BCUT2D eigenvalue weighted by Crippen LogP contribution is -2.12. The molecule has 0 aromatic heterocycles. The maximum atomic E-state index is 11.8. The molecule has 0 fully saturated rings. The summed E-state index contributed by atoms with van der Waals surface area (Å²) in [6, 6.07) is 13.1. The van der Waals surface area contributed by atoms with Crippen LogP contribution >= 0.6 is 11.6 Å². The molecule has 0 atom stereocenters. The average molecular weight is 305 g/mol. The molecule has 2 aromatic carbocycles. The number of hydrogen-bond acceptors (Lipinski definition) is 3. The van der Waals surface area contributed by atoms with E-state index in [-0.39, 0.29) is 11.6 Å².